The molecule has 2 saturated heterocycles. The van der Waals surface area contributed by atoms with Crippen LogP contribution in [0.5, 0.6) is 5.75 Å². The van der Waals surface area contributed by atoms with Crippen LogP contribution in [-0.4, -0.2) is 106 Å². The van der Waals surface area contributed by atoms with Crippen LogP contribution in [-0.2, 0) is 4.74 Å². The first-order valence-electron chi connectivity index (χ1n) is 14.7. The Labute approximate surface area is 270 Å². The number of morpholine rings is 1. The number of hydrogen-bond acceptors (Lipinski definition) is 8. The summed E-state index contributed by atoms with van der Waals surface area (Å²) in [5, 5.41) is 3.30. The number of nitrogens with zero attached hydrogens (tertiary/aromatic N) is 6. The van der Waals surface area contributed by atoms with Crippen molar-refractivity contribution in [1.29, 1.82) is 0 Å². The molecule has 2 aromatic heterocycles. The lowest BCUT2D eigenvalue weighted by molar-refractivity contribution is -0.0498. The van der Waals surface area contributed by atoms with Crippen molar-refractivity contribution in [2.75, 3.05) is 57.7 Å². The predicted molar refractivity (Wildman–Crippen MR) is 170 cm³/mol. The summed E-state index contributed by atoms with van der Waals surface area (Å²) in [7, 11) is 0. The van der Waals surface area contributed by atoms with Crippen LogP contribution in [0.2, 0.25) is 0 Å². The maximum atomic E-state index is 13.4. The predicted octanol–water partition coefficient (Wildman–Crippen LogP) is 4.01. The molecule has 2 aliphatic heterocycles. The van der Waals surface area contributed by atoms with Crippen molar-refractivity contribution in [3.8, 4) is 17.0 Å². The quantitative estimate of drug-likeness (QED) is 0.305. The van der Waals surface area contributed by atoms with Crippen molar-refractivity contribution in [2.45, 2.75) is 19.6 Å². The van der Waals surface area contributed by atoms with Gasteiger partial charge in [0.25, 0.3) is 5.91 Å². The number of alkyl halides is 2. The molecular formula is C31H35ClF2N8O4. The topological polar surface area (TPSA) is 131 Å². The highest BCUT2D eigenvalue weighted by atomic mass is 35.5. The Balaban J connectivity index is 0.00000417. The summed E-state index contributed by atoms with van der Waals surface area (Å²) < 4.78 is 36.9. The normalized spacial score (nSPS) is 16.8. The van der Waals surface area contributed by atoms with E-state index in [1.165, 1.54) is 12.1 Å². The molecule has 12 nitrogen and oxygen atoms in total. The number of fused-ring (bicyclic) bond motifs is 1. The second-order valence-corrected chi connectivity index (χ2v) is 10.9. The molecule has 1 unspecified atom stereocenters. The van der Waals surface area contributed by atoms with E-state index >= 15 is 0 Å². The molecule has 2 aromatic carbocycles. The monoisotopic (exact) mass is 656 g/mol. The van der Waals surface area contributed by atoms with E-state index in [-0.39, 0.29) is 36.2 Å². The van der Waals surface area contributed by atoms with E-state index in [4.69, 9.17) is 10.5 Å². The fourth-order valence-corrected chi connectivity index (χ4v) is 5.65. The summed E-state index contributed by atoms with van der Waals surface area (Å²) in [4.78, 5) is 40.8. The molecule has 0 aliphatic carbocycles. The molecule has 3 amide bonds. The Bertz CT molecular complexity index is 1680. The fraction of sp³-hybridized carbons (Fsp3) is 0.355. The second-order valence-electron chi connectivity index (χ2n) is 10.9. The number of ether oxygens (including phenoxy) is 2. The number of hydrogen-bond donors (Lipinski definition) is 2. The van der Waals surface area contributed by atoms with E-state index in [9.17, 15) is 18.4 Å². The largest absolute Gasteiger partial charge is 0.435 e. The lowest BCUT2D eigenvalue weighted by atomic mass is 10.1. The van der Waals surface area contributed by atoms with Gasteiger partial charge < -0.3 is 35.2 Å². The van der Waals surface area contributed by atoms with E-state index in [0.717, 1.165) is 22.5 Å². The third kappa shape index (κ3) is 6.98. The number of nitrogens with one attached hydrogen (secondary N) is 1. The van der Waals surface area contributed by atoms with Crippen molar-refractivity contribution in [1.82, 2.24) is 29.1 Å². The third-order valence-corrected chi connectivity index (χ3v) is 8.03. The number of piperazine rings is 1. The first kappa shape index (κ1) is 32.9. The molecule has 4 aromatic rings. The van der Waals surface area contributed by atoms with Gasteiger partial charge in [-0.1, -0.05) is 0 Å². The minimum atomic E-state index is -2.89. The molecule has 3 N–H and O–H groups in total. The Kier molecular flexibility index (Phi) is 10.2. The molecule has 46 heavy (non-hydrogen) atoms. The van der Waals surface area contributed by atoms with Gasteiger partial charge in [-0.05, 0) is 55.0 Å². The number of anilines is 2. The van der Waals surface area contributed by atoms with Gasteiger partial charge in [0.05, 0.1) is 24.6 Å². The van der Waals surface area contributed by atoms with Crippen LogP contribution in [0.25, 0.3) is 16.9 Å². The van der Waals surface area contributed by atoms with Gasteiger partial charge in [-0.25, -0.2) is 14.8 Å². The van der Waals surface area contributed by atoms with Crippen LogP contribution in [0, 0.1) is 6.92 Å². The van der Waals surface area contributed by atoms with Crippen LogP contribution < -0.4 is 15.8 Å². The van der Waals surface area contributed by atoms with Gasteiger partial charge in [-0.15, -0.1) is 12.4 Å². The zero-order valence-electron chi connectivity index (χ0n) is 25.1. The standard InChI is InChI=1S/C31H34F2N8O4.ClH/c1-20-16-22(37-27-28-36-18-26(41(28)9-8-35-27)21-2-5-23(6-3-21)45-30(32)33)4-7-25(20)29(42)38-10-12-39(13-11-38)31(43)40-14-15-44-24(17-34)19-40;/h2-9,16,18,24,30H,10-15,17,19,34H2,1H3,(H,35,37);1H. The van der Waals surface area contributed by atoms with Gasteiger partial charge in [-0.3, -0.25) is 9.20 Å². The SMILES string of the molecule is Cc1cc(Nc2nccn3c(-c4ccc(OC(F)F)cc4)cnc23)ccc1C(=O)N1CCN(C(=O)N2CCOC(CN)C2)CC1.Cl. The van der Waals surface area contributed by atoms with Crippen molar-refractivity contribution in [3.63, 3.8) is 0 Å². The third-order valence-electron chi connectivity index (χ3n) is 8.03. The zero-order chi connectivity index (χ0) is 31.5. The van der Waals surface area contributed by atoms with Gasteiger partial charge in [0.1, 0.15) is 5.75 Å². The van der Waals surface area contributed by atoms with Crippen molar-refractivity contribution in [2.24, 2.45) is 5.73 Å². The summed E-state index contributed by atoms with van der Waals surface area (Å²) >= 11 is 0. The van der Waals surface area contributed by atoms with Crippen LogP contribution in [0.4, 0.5) is 25.1 Å². The molecule has 4 heterocycles. The summed E-state index contributed by atoms with van der Waals surface area (Å²) in [6.45, 7) is 2.68. The number of imidazole rings is 1. The van der Waals surface area contributed by atoms with E-state index in [1.807, 2.05) is 23.5 Å². The summed E-state index contributed by atoms with van der Waals surface area (Å²) in [5.41, 5.74) is 9.93. The molecule has 6 rings (SSSR count). The Morgan fingerprint density at radius 1 is 1.04 bits per heavy atom. The number of amides is 3. The van der Waals surface area contributed by atoms with Crippen molar-refractivity contribution in [3.05, 3.63) is 72.2 Å². The molecule has 15 heteroatoms. The highest BCUT2D eigenvalue weighted by Gasteiger charge is 2.31. The summed E-state index contributed by atoms with van der Waals surface area (Å²) in [6, 6.07) is 11.8. The van der Waals surface area contributed by atoms with Crippen molar-refractivity contribution >= 4 is 41.5 Å². The summed E-state index contributed by atoms with van der Waals surface area (Å²) in [5.74, 6) is 0.508. The minimum absolute atomic E-state index is 0. The lowest BCUT2D eigenvalue weighted by Gasteiger charge is -2.40. The van der Waals surface area contributed by atoms with Crippen LogP contribution >= 0.6 is 12.4 Å². The van der Waals surface area contributed by atoms with Gasteiger partial charge in [0.2, 0.25) is 0 Å². The summed E-state index contributed by atoms with van der Waals surface area (Å²) in [6.07, 6.45) is 4.95. The zero-order valence-corrected chi connectivity index (χ0v) is 26.0. The Morgan fingerprint density at radius 3 is 2.48 bits per heavy atom. The molecule has 244 valence electrons. The fourth-order valence-electron chi connectivity index (χ4n) is 5.65. The molecule has 0 radical (unpaired) electrons. The number of carbonyl (C=O) groups excluding carboxylic acids is 2. The minimum Gasteiger partial charge on any atom is -0.435 e. The number of aromatic nitrogens is 3. The first-order chi connectivity index (χ1) is 21.8. The van der Waals surface area contributed by atoms with Crippen LogP contribution in [0.1, 0.15) is 15.9 Å². The molecule has 2 aliphatic rings. The number of urea groups is 1. The van der Waals surface area contributed by atoms with Crippen molar-refractivity contribution < 1.29 is 27.8 Å². The second kappa shape index (κ2) is 14.3. The number of nitrogens with two attached hydrogens (primary N) is 1. The van der Waals surface area contributed by atoms with Gasteiger partial charge in [-0.2, -0.15) is 8.78 Å². The van der Waals surface area contributed by atoms with E-state index in [2.05, 4.69) is 20.0 Å². The number of carbonyl (C=O) groups is 2. The molecule has 1 atom stereocenters. The maximum Gasteiger partial charge on any atom is 0.387 e. The van der Waals surface area contributed by atoms with E-state index in [1.54, 1.807) is 51.5 Å². The Morgan fingerprint density at radius 2 is 1.78 bits per heavy atom. The average Bonchev–Trinajstić information content (AvgIpc) is 3.50. The van der Waals surface area contributed by atoms with E-state index in [0.29, 0.717) is 69.4 Å². The number of aryl methyl sites for hydroxylation is 1. The first-order valence-corrected chi connectivity index (χ1v) is 14.7. The number of halogens is 3. The van der Waals surface area contributed by atoms with Gasteiger partial charge in [0, 0.05) is 75.0 Å². The molecule has 2 fully saturated rings. The maximum absolute atomic E-state index is 13.4. The lowest BCUT2D eigenvalue weighted by Crippen LogP contribution is -2.57. The van der Waals surface area contributed by atoms with Gasteiger partial charge >= 0.3 is 12.6 Å². The highest BCUT2D eigenvalue weighted by molar-refractivity contribution is 5.96. The molecular weight excluding hydrogens is 622 g/mol. The number of benzene rings is 2. The Hall–Kier alpha value is -4.53. The van der Waals surface area contributed by atoms with Crippen LogP contribution in [0.15, 0.2) is 61.1 Å². The number of rotatable bonds is 7. The smallest absolute Gasteiger partial charge is 0.387 e. The van der Waals surface area contributed by atoms with Crippen LogP contribution in [0.3, 0.4) is 0 Å². The average molecular weight is 657 g/mol. The molecule has 0 spiro atoms. The van der Waals surface area contributed by atoms with Gasteiger partial charge in [0.15, 0.2) is 11.5 Å². The highest BCUT2D eigenvalue weighted by Crippen LogP contribution is 2.28. The molecule has 0 bridgehead atoms. The van der Waals surface area contributed by atoms with E-state index < -0.39 is 6.61 Å². The molecule has 0 saturated carbocycles.